The second-order valence-corrected chi connectivity index (χ2v) is 5.83. The molecule has 0 unspecified atom stereocenters. The Morgan fingerprint density at radius 2 is 1.72 bits per heavy atom. The number of hydrogen-bond donors (Lipinski definition) is 2. The van der Waals surface area contributed by atoms with Crippen LogP contribution < -0.4 is 15.8 Å². The van der Waals surface area contributed by atoms with E-state index in [1.165, 1.54) is 18.2 Å². The molecule has 0 aliphatic rings. The third-order valence-corrected chi connectivity index (χ3v) is 3.56. The normalized spacial score (nSPS) is 10.2. The number of anilines is 1. The zero-order chi connectivity index (χ0) is 18.2. The molecule has 0 aliphatic carbocycles. The Morgan fingerprint density at radius 1 is 1.04 bits per heavy atom. The second-order valence-electron chi connectivity index (χ2n) is 4.96. The van der Waals surface area contributed by atoms with E-state index in [9.17, 15) is 9.59 Å². The number of halogens is 2. The van der Waals surface area contributed by atoms with Gasteiger partial charge in [0.05, 0.1) is 12.1 Å². The number of hydrogen-bond acceptors (Lipinski definition) is 5. The monoisotopic (exact) mass is 382 g/mol. The highest BCUT2D eigenvalue weighted by Crippen LogP contribution is 2.18. The van der Waals surface area contributed by atoms with Gasteiger partial charge in [-0.2, -0.15) is 0 Å². The quantitative estimate of drug-likeness (QED) is 0.436. The number of esters is 1. The Bertz CT molecular complexity index is 751. The topological polar surface area (TPSA) is 90.7 Å². The van der Waals surface area contributed by atoms with Crippen molar-refractivity contribution >= 4 is 40.8 Å². The highest BCUT2D eigenvalue weighted by molar-refractivity contribution is 6.31. The largest absolute Gasteiger partial charge is 0.492 e. The van der Waals surface area contributed by atoms with Crippen molar-refractivity contribution in [3.05, 3.63) is 58.1 Å². The summed E-state index contributed by atoms with van der Waals surface area (Å²) in [5, 5.41) is 3.60. The van der Waals surface area contributed by atoms with Gasteiger partial charge < -0.3 is 20.5 Å². The van der Waals surface area contributed by atoms with Gasteiger partial charge in [0, 0.05) is 15.7 Å². The van der Waals surface area contributed by atoms with Gasteiger partial charge in [-0.15, -0.1) is 0 Å². The number of nitrogen functional groups attached to an aromatic ring is 1. The summed E-state index contributed by atoms with van der Waals surface area (Å²) in [5.41, 5.74) is 6.03. The van der Waals surface area contributed by atoms with Crippen LogP contribution in [-0.4, -0.2) is 31.6 Å². The standard InChI is InChI=1S/C17H16Cl2N2O4/c18-11-1-4-13(5-2-11)24-8-7-21-16(22)10-25-17(23)14-6-3-12(19)9-15(14)20/h1-6,9H,7-8,10,20H2,(H,21,22). The fraction of sp³-hybridized carbons (Fsp3) is 0.176. The van der Waals surface area contributed by atoms with Crippen LogP contribution in [0.5, 0.6) is 5.75 Å². The summed E-state index contributed by atoms with van der Waals surface area (Å²) in [6.45, 7) is 0.120. The van der Waals surface area contributed by atoms with E-state index >= 15 is 0 Å². The van der Waals surface area contributed by atoms with Crippen molar-refractivity contribution in [2.24, 2.45) is 0 Å². The molecule has 0 atom stereocenters. The molecule has 0 saturated carbocycles. The van der Waals surface area contributed by atoms with Crippen molar-refractivity contribution < 1.29 is 19.1 Å². The molecule has 0 heterocycles. The predicted octanol–water partition coefficient (Wildman–Crippen LogP) is 2.93. The van der Waals surface area contributed by atoms with Gasteiger partial charge in [-0.3, -0.25) is 4.79 Å². The summed E-state index contributed by atoms with van der Waals surface area (Å²) in [6.07, 6.45) is 0. The number of nitrogens with one attached hydrogen (secondary N) is 1. The predicted molar refractivity (Wildman–Crippen MR) is 96.1 cm³/mol. The second kappa shape index (κ2) is 9.15. The van der Waals surface area contributed by atoms with E-state index in [-0.39, 0.29) is 24.4 Å². The van der Waals surface area contributed by atoms with Crippen molar-refractivity contribution in [3.63, 3.8) is 0 Å². The minimum Gasteiger partial charge on any atom is -0.492 e. The Hall–Kier alpha value is -2.44. The van der Waals surface area contributed by atoms with Crippen molar-refractivity contribution in [2.75, 3.05) is 25.5 Å². The average Bonchev–Trinajstić information content (AvgIpc) is 2.58. The number of amides is 1. The van der Waals surface area contributed by atoms with Gasteiger partial charge in [-0.1, -0.05) is 23.2 Å². The summed E-state index contributed by atoms with van der Waals surface area (Å²) >= 11 is 11.5. The number of rotatable bonds is 7. The molecule has 0 fully saturated rings. The first-order valence-electron chi connectivity index (χ1n) is 7.33. The van der Waals surface area contributed by atoms with E-state index in [0.29, 0.717) is 15.8 Å². The third kappa shape index (κ3) is 6.17. The highest BCUT2D eigenvalue weighted by atomic mass is 35.5. The number of carbonyl (C=O) groups excluding carboxylic acids is 2. The van der Waals surface area contributed by atoms with Gasteiger partial charge >= 0.3 is 5.97 Å². The lowest BCUT2D eigenvalue weighted by molar-refractivity contribution is -0.124. The molecule has 2 aromatic carbocycles. The zero-order valence-corrected chi connectivity index (χ0v) is 14.6. The van der Waals surface area contributed by atoms with E-state index in [1.807, 2.05) is 0 Å². The fourth-order valence-corrected chi connectivity index (χ4v) is 2.18. The van der Waals surface area contributed by atoms with Gasteiger partial charge in [0.15, 0.2) is 6.61 Å². The smallest absolute Gasteiger partial charge is 0.340 e. The van der Waals surface area contributed by atoms with Gasteiger partial charge in [0.25, 0.3) is 5.91 Å². The Labute approximate surface area is 154 Å². The lowest BCUT2D eigenvalue weighted by atomic mass is 10.2. The number of nitrogens with two attached hydrogens (primary N) is 1. The van der Waals surface area contributed by atoms with Gasteiger partial charge in [-0.05, 0) is 42.5 Å². The molecule has 2 rings (SSSR count). The molecule has 25 heavy (non-hydrogen) atoms. The first-order chi connectivity index (χ1) is 12.0. The summed E-state index contributed by atoms with van der Waals surface area (Å²) in [4.78, 5) is 23.5. The Kier molecular flexibility index (Phi) is 6.91. The van der Waals surface area contributed by atoms with E-state index in [4.69, 9.17) is 38.4 Å². The maximum absolute atomic E-state index is 11.9. The van der Waals surface area contributed by atoms with Crippen molar-refractivity contribution in [3.8, 4) is 5.75 Å². The van der Waals surface area contributed by atoms with Gasteiger partial charge in [0.1, 0.15) is 12.4 Å². The maximum atomic E-state index is 11.9. The molecule has 6 nitrogen and oxygen atoms in total. The minimum atomic E-state index is -0.693. The molecule has 0 aromatic heterocycles. The van der Waals surface area contributed by atoms with Gasteiger partial charge in [0.2, 0.25) is 0 Å². The van der Waals surface area contributed by atoms with Gasteiger partial charge in [-0.25, -0.2) is 4.79 Å². The average molecular weight is 383 g/mol. The van der Waals surface area contributed by atoms with Crippen molar-refractivity contribution in [2.45, 2.75) is 0 Å². The van der Waals surface area contributed by atoms with Crippen molar-refractivity contribution in [1.82, 2.24) is 5.32 Å². The number of benzene rings is 2. The molecule has 0 aliphatic heterocycles. The van der Waals surface area contributed by atoms with Crippen LogP contribution in [0.2, 0.25) is 10.0 Å². The molecule has 1 amide bonds. The molecular formula is C17H16Cl2N2O4. The Balaban J connectivity index is 1.68. The van der Waals surface area contributed by atoms with Crippen LogP contribution in [0.15, 0.2) is 42.5 Å². The van der Waals surface area contributed by atoms with E-state index in [2.05, 4.69) is 5.32 Å². The number of ether oxygens (including phenoxy) is 2. The van der Waals surface area contributed by atoms with Crippen LogP contribution in [0.1, 0.15) is 10.4 Å². The molecule has 0 radical (unpaired) electrons. The lowest BCUT2D eigenvalue weighted by Gasteiger charge is -2.09. The molecule has 3 N–H and O–H groups in total. The summed E-state index contributed by atoms with van der Waals surface area (Å²) in [6, 6.07) is 11.3. The van der Waals surface area contributed by atoms with Crippen LogP contribution in [0.3, 0.4) is 0 Å². The molecule has 0 spiro atoms. The molecule has 8 heteroatoms. The first-order valence-corrected chi connectivity index (χ1v) is 8.08. The summed E-state index contributed by atoms with van der Waals surface area (Å²) < 4.78 is 10.3. The fourth-order valence-electron chi connectivity index (χ4n) is 1.87. The molecule has 0 bridgehead atoms. The van der Waals surface area contributed by atoms with Crippen LogP contribution in [0.4, 0.5) is 5.69 Å². The first kappa shape index (κ1) is 18.9. The van der Waals surface area contributed by atoms with E-state index in [1.54, 1.807) is 24.3 Å². The lowest BCUT2D eigenvalue weighted by Crippen LogP contribution is -2.32. The number of carbonyl (C=O) groups is 2. The van der Waals surface area contributed by atoms with Crippen LogP contribution in [0, 0.1) is 0 Å². The SMILES string of the molecule is Nc1cc(Cl)ccc1C(=O)OCC(=O)NCCOc1ccc(Cl)cc1. The van der Waals surface area contributed by atoms with Crippen LogP contribution >= 0.6 is 23.2 Å². The molecule has 2 aromatic rings. The van der Waals surface area contributed by atoms with Crippen LogP contribution in [0.25, 0.3) is 0 Å². The van der Waals surface area contributed by atoms with Crippen molar-refractivity contribution in [1.29, 1.82) is 0 Å². The summed E-state index contributed by atoms with van der Waals surface area (Å²) in [7, 11) is 0. The van der Waals surface area contributed by atoms with E-state index in [0.717, 1.165) is 0 Å². The summed E-state index contributed by atoms with van der Waals surface area (Å²) in [5.74, 6) is -0.495. The minimum absolute atomic E-state index is 0.156. The Morgan fingerprint density at radius 3 is 2.40 bits per heavy atom. The molecular weight excluding hydrogens is 367 g/mol. The third-order valence-electron chi connectivity index (χ3n) is 3.07. The highest BCUT2D eigenvalue weighted by Gasteiger charge is 2.13. The van der Waals surface area contributed by atoms with Crippen LogP contribution in [-0.2, 0) is 9.53 Å². The van der Waals surface area contributed by atoms with E-state index < -0.39 is 18.5 Å². The molecule has 0 saturated heterocycles. The molecule has 132 valence electrons. The zero-order valence-electron chi connectivity index (χ0n) is 13.1. The maximum Gasteiger partial charge on any atom is 0.340 e.